The highest BCUT2D eigenvalue weighted by Gasteiger charge is 2.30. The van der Waals surface area contributed by atoms with Gasteiger partial charge >= 0.3 is 0 Å². The minimum atomic E-state index is 0.154. The molecular weight excluding hydrogens is 376 g/mol. The molecule has 0 aliphatic carbocycles. The zero-order valence-corrected chi connectivity index (χ0v) is 18.2. The van der Waals surface area contributed by atoms with Gasteiger partial charge in [0.25, 0.3) is 0 Å². The van der Waals surface area contributed by atoms with Crippen LogP contribution >= 0.6 is 23.9 Å². The number of benzene rings is 1. The van der Waals surface area contributed by atoms with Crippen LogP contribution in [-0.4, -0.2) is 71.8 Å². The van der Waals surface area contributed by atoms with E-state index < -0.39 is 0 Å². The summed E-state index contributed by atoms with van der Waals surface area (Å²) in [4.78, 5) is 17.4. The van der Waals surface area contributed by atoms with Crippen LogP contribution in [0.5, 0.6) is 0 Å². The number of rotatable bonds is 7. The summed E-state index contributed by atoms with van der Waals surface area (Å²) in [6.07, 6.45) is 2.13. The molecule has 1 unspecified atom stereocenters. The van der Waals surface area contributed by atoms with E-state index in [1.165, 1.54) is 9.79 Å². The molecule has 0 saturated carbocycles. The number of carbonyl (C=O) groups excluding carboxylic acids is 1. The summed E-state index contributed by atoms with van der Waals surface area (Å²) >= 11 is 3.62. The second kappa shape index (κ2) is 10.7. The Bertz CT molecular complexity index is 588. The van der Waals surface area contributed by atoms with Crippen molar-refractivity contribution in [1.82, 2.24) is 18.8 Å². The summed E-state index contributed by atoms with van der Waals surface area (Å²) in [6.45, 7) is 12.0. The molecule has 1 amide bonds. The predicted molar refractivity (Wildman–Crippen MR) is 115 cm³/mol. The number of piperidine rings is 1. The van der Waals surface area contributed by atoms with Gasteiger partial charge in [-0.3, -0.25) is 4.79 Å². The number of hydrogen-bond donors (Lipinski definition) is 1. The van der Waals surface area contributed by atoms with Gasteiger partial charge in [-0.15, -0.1) is 0 Å². The van der Waals surface area contributed by atoms with Crippen LogP contribution in [0.15, 0.2) is 34.1 Å². The number of nitrogens with one attached hydrogen (secondary N) is 1. The molecule has 3 rings (SSSR count). The van der Waals surface area contributed by atoms with Crippen LogP contribution in [0.3, 0.4) is 0 Å². The number of piperazine rings is 1. The molecule has 2 aliphatic heterocycles. The monoisotopic (exact) mass is 408 g/mol. The fourth-order valence-corrected chi connectivity index (χ4v) is 5.43. The van der Waals surface area contributed by atoms with Crippen molar-refractivity contribution in [2.45, 2.75) is 36.5 Å². The van der Waals surface area contributed by atoms with E-state index in [1.807, 2.05) is 11.9 Å². The quantitative estimate of drug-likeness (QED) is 0.699. The van der Waals surface area contributed by atoms with Crippen molar-refractivity contribution in [3.8, 4) is 0 Å². The van der Waals surface area contributed by atoms with Gasteiger partial charge in [0.1, 0.15) is 0 Å². The SMILES string of the molecule is CCN(CC)Sc1ccc(SN2CCCC(C(=O)N3CCNCC3)C2)cc1. The third kappa shape index (κ3) is 6.12. The van der Waals surface area contributed by atoms with Gasteiger partial charge < -0.3 is 10.2 Å². The predicted octanol–water partition coefficient (Wildman–Crippen LogP) is 3.19. The largest absolute Gasteiger partial charge is 0.340 e. The Morgan fingerprint density at radius 3 is 2.44 bits per heavy atom. The molecule has 0 aromatic heterocycles. The number of amides is 1. The van der Waals surface area contributed by atoms with Crippen molar-refractivity contribution < 1.29 is 4.79 Å². The first-order valence-electron chi connectivity index (χ1n) is 10.1. The molecule has 1 N–H and O–H groups in total. The second-order valence-electron chi connectivity index (χ2n) is 7.07. The first-order chi connectivity index (χ1) is 13.2. The smallest absolute Gasteiger partial charge is 0.227 e. The molecule has 0 bridgehead atoms. The van der Waals surface area contributed by atoms with Crippen molar-refractivity contribution >= 4 is 29.8 Å². The molecule has 1 aromatic rings. The lowest BCUT2D eigenvalue weighted by atomic mass is 9.98. The van der Waals surface area contributed by atoms with E-state index in [2.05, 4.69) is 56.9 Å². The van der Waals surface area contributed by atoms with Crippen LogP contribution in [0.2, 0.25) is 0 Å². The summed E-state index contributed by atoms with van der Waals surface area (Å²) < 4.78 is 4.72. The minimum absolute atomic E-state index is 0.154. The van der Waals surface area contributed by atoms with E-state index in [0.717, 1.165) is 65.2 Å². The Kier molecular flexibility index (Phi) is 8.33. The minimum Gasteiger partial charge on any atom is -0.340 e. The highest BCUT2D eigenvalue weighted by molar-refractivity contribution is 7.97. The molecule has 0 spiro atoms. The van der Waals surface area contributed by atoms with Gasteiger partial charge in [-0.05, 0) is 61.0 Å². The molecule has 150 valence electrons. The number of hydrogen-bond acceptors (Lipinski definition) is 6. The van der Waals surface area contributed by atoms with Crippen LogP contribution in [0.4, 0.5) is 0 Å². The summed E-state index contributed by atoms with van der Waals surface area (Å²) in [6, 6.07) is 8.83. The van der Waals surface area contributed by atoms with Crippen molar-refractivity contribution in [2.75, 3.05) is 52.4 Å². The molecule has 2 heterocycles. The molecule has 7 heteroatoms. The van der Waals surface area contributed by atoms with Crippen LogP contribution in [0.25, 0.3) is 0 Å². The maximum Gasteiger partial charge on any atom is 0.227 e. The average Bonchev–Trinajstić information content (AvgIpc) is 2.73. The first kappa shape index (κ1) is 21.0. The van der Waals surface area contributed by atoms with E-state index >= 15 is 0 Å². The topological polar surface area (TPSA) is 38.8 Å². The van der Waals surface area contributed by atoms with Crippen LogP contribution in [0, 0.1) is 5.92 Å². The molecular formula is C20H32N4OS2. The van der Waals surface area contributed by atoms with Crippen molar-refractivity contribution in [1.29, 1.82) is 0 Å². The zero-order chi connectivity index (χ0) is 19.1. The first-order valence-corrected chi connectivity index (χ1v) is 11.7. The molecule has 1 atom stereocenters. The summed E-state index contributed by atoms with van der Waals surface area (Å²) in [5.74, 6) is 0.509. The average molecular weight is 409 g/mol. The van der Waals surface area contributed by atoms with Gasteiger partial charge in [-0.25, -0.2) is 8.61 Å². The Labute approximate surface area is 172 Å². The fraction of sp³-hybridized carbons (Fsp3) is 0.650. The lowest BCUT2D eigenvalue weighted by molar-refractivity contribution is -0.137. The summed E-state index contributed by atoms with van der Waals surface area (Å²) in [5.41, 5.74) is 0. The second-order valence-corrected chi connectivity index (χ2v) is 9.41. The van der Waals surface area contributed by atoms with Crippen molar-refractivity contribution in [2.24, 2.45) is 5.92 Å². The van der Waals surface area contributed by atoms with E-state index in [4.69, 9.17) is 0 Å². The van der Waals surface area contributed by atoms with E-state index in [0.29, 0.717) is 5.91 Å². The van der Waals surface area contributed by atoms with Gasteiger partial charge in [0.05, 0.1) is 5.92 Å². The Balaban J connectivity index is 1.52. The highest BCUT2D eigenvalue weighted by atomic mass is 32.2. The Morgan fingerprint density at radius 2 is 1.78 bits per heavy atom. The summed E-state index contributed by atoms with van der Waals surface area (Å²) in [5, 5.41) is 3.32. The third-order valence-electron chi connectivity index (χ3n) is 5.16. The molecule has 2 aliphatic rings. The lowest BCUT2D eigenvalue weighted by Crippen LogP contribution is -2.50. The van der Waals surface area contributed by atoms with Crippen molar-refractivity contribution in [3.63, 3.8) is 0 Å². The zero-order valence-electron chi connectivity index (χ0n) is 16.5. The van der Waals surface area contributed by atoms with E-state index in [-0.39, 0.29) is 5.92 Å². The Morgan fingerprint density at radius 1 is 1.11 bits per heavy atom. The normalized spacial score (nSPS) is 21.6. The summed E-state index contributed by atoms with van der Waals surface area (Å²) in [7, 11) is 0. The maximum absolute atomic E-state index is 12.8. The fourth-order valence-electron chi connectivity index (χ4n) is 3.58. The van der Waals surface area contributed by atoms with Gasteiger partial charge in [0.15, 0.2) is 0 Å². The molecule has 5 nitrogen and oxygen atoms in total. The van der Waals surface area contributed by atoms with Gasteiger partial charge in [0.2, 0.25) is 5.91 Å². The van der Waals surface area contributed by atoms with Gasteiger partial charge in [-0.1, -0.05) is 13.8 Å². The van der Waals surface area contributed by atoms with E-state index in [9.17, 15) is 4.79 Å². The van der Waals surface area contributed by atoms with E-state index in [1.54, 1.807) is 11.9 Å². The van der Waals surface area contributed by atoms with Gasteiger partial charge in [-0.2, -0.15) is 0 Å². The maximum atomic E-state index is 12.8. The van der Waals surface area contributed by atoms with Crippen molar-refractivity contribution in [3.05, 3.63) is 24.3 Å². The molecule has 0 radical (unpaired) electrons. The number of nitrogens with zero attached hydrogens (tertiary/aromatic N) is 3. The van der Waals surface area contributed by atoms with Crippen LogP contribution in [0.1, 0.15) is 26.7 Å². The molecule has 1 aromatic carbocycles. The highest BCUT2D eigenvalue weighted by Crippen LogP contribution is 2.31. The Hall–Kier alpha value is -0.730. The molecule has 27 heavy (non-hydrogen) atoms. The standard InChI is InChI=1S/C20H32N4OS2/c1-3-23(4-2)26-18-7-9-19(10-8-18)27-24-13-5-6-17(16-24)20(25)22-14-11-21-12-15-22/h7-10,17,21H,3-6,11-16H2,1-2H3. The van der Waals surface area contributed by atoms with Gasteiger partial charge in [0, 0.05) is 62.1 Å². The molecule has 2 fully saturated rings. The van der Waals surface area contributed by atoms with Crippen LogP contribution in [-0.2, 0) is 4.79 Å². The molecule has 2 saturated heterocycles. The van der Waals surface area contributed by atoms with Crippen LogP contribution < -0.4 is 5.32 Å². The lowest BCUT2D eigenvalue weighted by Gasteiger charge is -2.35. The number of carbonyl (C=O) groups is 1. The third-order valence-corrected chi connectivity index (χ3v) is 7.49.